The van der Waals surface area contributed by atoms with Crippen LogP contribution in [0.2, 0.25) is 0 Å². The third-order valence-electron chi connectivity index (χ3n) is 5.17. The van der Waals surface area contributed by atoms with Crippen LogP contribution in [0.1, 0.15) is 58.9 Å². The summed E-state index contributed by atoms with van der Waals surface area (Å²) in [5.41, 5.74) is 1.45. The zero-order valence-electron chi connectivity index (χ0n) is 19.8. The molecule has 0 saturated heterocycles. The van der Waals surface area contributed by atoms with Crippen molar-refractivity contribution in [1.29, 1.82) is 5.26 Å². The number of esters is 2. The first-order chi connectivity index (χ1) is 17.0. The molecule has 0 aliphatic rings. The molecule has 3 rings (SSSR count). The third kappa shape index (κ3) is 7.90. The number of benzene rings is 3. The lowest BCUT2D eigenvalue weighted by molar-refractivity contribution is 0.0720. The Balaban J connectivity index is 1.52. The van der Waals surface area contributed by atoms with Gasteiger partial charge in [0.05, 0.1) is 17.7 Å². The van der Waals surface area contributed by atoms with E-state index in [1.807, 2.05) is 12.3 Å². The van der Waals surface area contributed by atoms with Gasteiger partial charge in [-0.3, -0.25) is 0 Å². The van der Waals surface area contributed by atoms with Crippen LogP contribution in [-0.2, 0) is 0 Å². The Labute approximate surface area is 209 Å². The van der Waals surface area contributed by atoms with Crippen molar-refractivity contribution in [3.63, 3.8) is 0 Å². The van der Waals surface area contributed by atoms with Gasteiger partial charge in [-0.15, -0.1) is 0 Å². The molecule has 6 nitrogen and oxygen atoms in total. The largest absolute Gasteiger partial charge is 0.494 e. The molecule has 0 amide bonds. The van der Waals surface area contributed by atoms with Gasteiger partial charge in [0.15, 0.2) is 0 Å². The van der Waals surface area contributed by atoms with Crippen molar-refractivity contribution in [2.75, 3.05) is 6.61 Å². The molecule has 3 aromatic rings. The van der Waals surface area contributed by atoms with Crippen molar-refractivity contribution in [3.8, 4) is 22.6 Å². The lowest BCUT2D eigenvalue weighted by Gasteiger charge is -2.09. The van der Waals surface area contributed by atoms with Crippen LogP contribution in [0.25, 0.3) is 0 Å². The summed E-state index contributed by atoms with van der Waals surface area (Å²) in [5, 5.41) is 10.8. The van der Waals surface area contributed by atoms with Gasteiger partial charge in [0.25, 0.3) is 0 Å². The van der Waals surface area contributed by atoms with Gasteiger partial charge in [-0.05, 0) is 97.4 Å². The number of nitriles is 1. The Morgan fingerprint density at radius 2 is 1.37 bits per heavy atom. The molecule has 0 aromatic heterocycles. The van der Waals surface area contributed by atoms with Crippen molar-refractivity contribution in [3.05, 3.63) is 83.4 Å². The molecule has 7 heteroatoms. The fourth-order valence-electron chi connectivity index (χ4n) is 3.25. The number of aryl methyl sites for hydroxylation is 1. The van der Waals surface area contributed by atoms with Gasteiger partial charge < -0.3 is 14.2 Å². The Morgan fingerprint density at radius 1 is 0.800 bits per heavy atom. The molecule has 0 aliphatic heterocycles. The smallest absolute Gasteiger partial charge is 0.343 e. The fourth-order valence-corrected chi connectivity index (χ4v) is 3.70. The van der Waals surface area contributed by atoms with E-state index < -0.39 is 11.9 Å². The summed E-state index contributed by atoms with van der Waals surface area (Å²) in [6.07, 6.45) is 4.56. The number of carbonyl (C=O) groups is 2. The maximum atomic E-state index is 12.5. The van der Waals surface area contributed by atoms with Crippen molar-refractivity contribution in [2.45, 2.75) is 44.4 Å². The molecular weight excluding hydrogens is 462 g/mol. The topological polar surface area (TPSA) is 85.6 Å². The molecule has 0 saturated carbocycles. The first kappa shape index (κ1) is 25.9. The van der Waals surface area contributed by atoms with Crippen LogP contribution in [0.3, 0.4) is 0 Å². The monoisotopic (exact) mass is 489 g/mol. The molecule has 3 aromatic carbocycles. The van der Waals surface area contributed by atoms with E-state index >= 15 is 0 Å². The van der Waals surface area contributed by atoms with Crippen LogP contribution in [0.15, 0.2) is 71.6 Å². The van der Waals surface area contributed by atoms with Crippen LogP contribution < -0.4 is 14.2 Å². The molecular formula is C28H27NO5S. The number of unbranched alkanes of at least 4 members (excludes halogenated alkanes) is 3. The number of hydrogen-bond donors (Lipinski definition) is 0. The normalized spacial score (nSPS) is 10.3. The van der Waals surface area contributed by atoms with Crippen LogP contribution in [0.5, 0.6) is 17.2 Å². The van der Waals surface area contributed by atoms with E-state index in [0.29, 0.717) is 29.2 Å². The number of thiocyanates is 1. The first-order valence-electron chi connectivity index (χ1n) is 11.4. The summed E-state index contributed by atoms with van der Waals surface area (Å²) >= 11 is 1.05. The van der Waals surface area contributed by atoms with Gasteiger partial charge >= 0.3 is 11.9 Å². The molecule has 35 heavy (non-hydrogen) atoms. The van der Waals surface area contributed by atoms with E-state index in [4.69, 9.17) is 19.5 Å². The van der Waals surface area contributed by atoms with Crippen LogP contribution in [0.4, 0.5) is 0 Å². The molecule has 0 fully saturated rings. The molecule has 0 heterocycles. The number of nitrogens with zero attached hydrogens (tertiary/aromatic N) is 1. The Bertz CT molecular complexity index is 1180. The molecule has 180 valence electrons. The predicted octanol–water partition coefficient (Wildman–Crippen LogP) is 6.97. The van der Waals surface area contributed by atoms with Gasteiger partial charge in [-0.2, -0.15) is 5.26 Å². The van der Waals surface area contributed by atoms with E-state index in [1.54, 1.807) is 42.5 Å². The zero-order valence-corrected chi connectivity index (χ0v) is 20.6. The lowest BCUT2D eigenvalue weighted by Crippen LogP contribution is -2.11. The highest BCUT2D eigenvalue weighted by atomic mass is 32.2. The Hall–Kier alpha value is -3.76. The van der Waals surface area contributed by atoms with Gasteiger partial charge in [0, 0.05) is 4.90 Å². The maximum Gasteiger partial charge on any atom is 0.343 e. The summed E-state index contributed by atoms with van der Waals surface area (Å²) in [6, 6.07) is 18.1. The van der Waals surface area contributed by atoms with Crippen LogP contribution in [0, 0.1) is 17.6 Å². The second-order valence-corrected chi connectivity index (χ2v) is 8.68. The maximum absolute atomic E-state index is 12.5. The molecule has 0 bridgehead atoms. The lowest BCUT2D eigenvalue weighted by atomic mass is 10.1. The average molecular weight is 490 g/mol. The van der Waals surface area contributed by atoms with Gasteiger partial charge in [0.1, 0.15) is 22.6 Å². The SMILES string of the molecule is CCCCCCOc1ccc(OC(=O)c2ccc(C(=O)Oc3ccc(SC#N)c(C)c3)cc2)cc1. The molecule has 0 N–H and O–H groups in total. The Kier molecular flexibility index (Phi) is 9.76. The van der Waals surface area contributed by atoms with E-state index in [9.17, 15) is 9.59 Å². The van der Waals surface area contributed by atoms with Gasteiger partial charge in [0.2, 0.25) is 0 Å². The molecule has 0 unspecified atom stereocenters. The number of thioether (sulfide) groups is 1. The van der Waals surface area contributed by atoms with Gasteiger partial charge in [-0.25, -0.2) is 9.59 Å². The van der Waals surface area contributed by atoms with E-state index in [0.717, 1.165) is 40.8 Å². The van der Waals surface area contributed by atoms with E-state index in [-0.39, 0.29) is 0 Å². The minimum absolute atomic E-state index is 0.301. The molecule has 0 atom stereocenters. The van der Waals surface area contributed by atoms with Crippen molar-refractivity contribution >= 4 is 23.7 Å². The first-order valence-corrected chi connectivity index (χ1v) is 12.3. The van der Waals surface area contributed by atoms with Crippen molar-refractivity contribution in [1.82, 2.24) is 0 Å². The van der Waals surface area contributed by atoms with E-state index in [1.165, 1.54) is 37.1 Å². The highest BCUT2D eigenvalue weighted by molar-refractivity contribution is 8.03. The summed E-state index contributed by atoms with van der Waals surface area (Å²) in [4.78, 5) is 25.7. The minimum Gasteiger partial charge on any atom is -0.494 e. The summed E-state index contributed by atoms with van der Waals surface area (Å²) in [5.74, 6) is 0.448. The highest BCUT2D eigenvalue weighted by Gasteiger charge is 2.13. The van der Waals surface area contributed by atoms with Crippen molar-refractivity contribution in [2.24, 2.45) is 0 Å². The van der Waals surface area contributed by atoms with Crippen LogP contribution in [-0.4, -0.2) is 18.5 Å². The molecule has 0 radical (unpaired) electrons. The van der Waals surface area contributed by atoms with E-state index in [2.05, 4.69) is 6.92 Å². The quantitative estimate of drug-likeness (QED) is 0.0945. The summed E-state index contributed by atoms with van der Waals surface area (Å²) in [6.45, 7) is 4.68. The fraction of sp³-hybridized carbons (Fsp3) is 0.250. The molecule has 0 aliphatic carbocycles. The van der Waals surface area contributed by atoms with Crippen LogP contribution >= 0.6 is 11.8 Å². The molecule has 0 spiro atoms. The summed E-state index contributed by atoms with van der Waals surface area (Å²) < 4.78 is 16.5. The van der Waals surface area contributed by atoms with Crippen molar-refractivity contribution < 1.29 is 23.8 Å². The zero-order chi connectivity index (χ0) is 25.0. The standard InChI is InChI=1S/C28H27NO5S/c1-3-4-5-6-17-32-23-11-13-24(14-12-23)33-27(30)21-7-9-22(10-8-21)28(31)34-25-15-16-26(35-19-29)20(2)18-25/h7-16,18H,3-6,17H2,1-2H3. The number of carbonyl (C=O) groups excluding carboxylic acids is 2. The number of ether oxygens (including phenoxy) is 3. The average Bonchev–Trinajstić information content (AvgIpc) is 2.86. The predicted molar refractivity (Wildman–Crippen MR) is 135 cm³/mol. The van der Waals surface area contributed by atoms with Gasteiger partial charge in [-0.1, -0.05) is 26.2 Å². The second kappa shape index (κ2) is 13.2. The Morgan fingerprint density at radius 3 is 1.94 bits per heavy atom. The minimum atomic E-state index is -0.546. The highest BCUT2D eigenvalue weighted by Crippen LogP contribution is 2.26. The number of hydrogen-bond acceptors (Lipinski definition) is 7. The second-order valence-electron chi connectivity index (χ2n) is 7.86. The third-order valence-corrected chi connectivity index (χ3v) is 5.94. The summed E-state index contributed by atoms with van der Waals surface area (Å²) in [7, 11) is 0. The number of rotatable bonds is 11.